The van der Waals surface area contributed by atoms with Crippen molar-refractivity contribution in [2.24, 2.45) is 0 Å². The molecule has 18 heavy (non-hydrogen) atoms. The van der Waals surface area contributed by atoms with Crippen molar-refractivity contribution >= 4 is 0 Å². The van der Waals surface area contributed by atoms with Gasteiger partial charge in [-0.15, -0.1) is 0 Å². The van der Waals surface area contributed by atoms with Crippen LogP contribution in [0, 0.1) is 0 Å². The molecule has 0 heterocycles. The summed E-state index contributed by atoms with van der Waals surface area (Å²) in [6.45, 7) is 1.86. The van der Waals surface area contributed by atoms with Crippen molar-refractivity contribution in [3.05, 3.63) is 0 Å². The minimum Gasteiger partial charge on any atom is -0.385 e. The number of hydrogen-bond donors (Lipinski definition) is 0. The molecule has 0 N–H and O–H groups in total. The molecule has 0 aromatic carbocycles. The first-order valence-electron chi connectivity index (χ1n) is 6.89. The lowest BCUT2D eigenvalue weighted by molar-refractivity contribution is 0.191. The fourth-order valence-electron chi connectivity index (χ4n) is 1.91. The van der Waals surface area contributed by atoms with E-state index in [9.17, 15) is 0 Å². The van der Waals surface area contributed by atoms with Gasteiger partial charge >= 0.3 is 0 Å². The van der Waals surface area contributed by atoms with Crippen LogP contribution in [0.5, 0.6) is 0 Å². The quantitative estimate of drug-likeness (QED) is 0.411. The molecule has 0 aromatic heterocycles. The van der Waals surface area contributed by atoms with Crippen molar-refractivity contribution in [1.82, 2.24) is 0 Å². The monoisotopic (exact) mass is 262 g/mol. The second-order valence-corrected chi connectivity index (χ2v) is 4.52. The lowest BCUT2D eigenvalue weighted by atomic mass is 10.1. The summed E-state index contributed by atoms with van der Waals surface area (Å²) in [7, 11) is 3.56. The van der Waals surface area contributed by atoms with Crippen molar-refractivity contribution in [3.63, 3.8) is 0 Å². The van der Waals surface area contributed by atoms with Gasteiger partial charge in [0, 0.05) is 27.4 Å². The van der Waals surface area contributed by atoms with E-state index in [1.807, 2.05) is 0 Å². The zero-order valence-corrected chi connectivity index (χ0v) is 11.3. The van der Waals surface area contributed by atoms with E-state index in [0.29, 0.717) is 0 Å². The third-order valence-electron chi connectivity index (χ3n) is 2.95. The Morgan fingerprint density at radius 3 is 0.889 bits per heavy atom. The van der Waals surface area contributed by atoms with Gasteiger partial charge < -0.3 is 9.47 Å². The summed E-state index contributed by atoms with van der Waals surface area (Å²) in [6, 6.07) is 0. The summed E-state index contributed by atoms with van der Waals surface area (Å²) < 4.78 is 10.0. The molecule has 2 nitrogen and oxygen atoms in total. The third-order valence-corrected chi connectivity index (χ3v) is 2.95. The summed E-state index contributed by atoms with van der Waals surface area (Å²) in [5.74, 6) is 0. The first kappa shape index (κ1) is 23.0. The minimum absolute atomic E-state index is 0. The van der Waals surface area contributed by atoms with Gasteiger partial charge in [-0.05, 0) is 12.8 Å². The normalized spacial score (nSPS) is 9.67. The Labute approximate surface area is 116 Å². The van der Waals surface area contributed by atoms with E-state index in [0.717, 1.165) is 13.2 Å². The summed E-state index contributed by atoms with van der Waals surface area (Å²) in [5, 5.41) is 0. The van der Waals surface area contributed by atoms with Crippen LogP contribution in [0.4, 0.5) is 0 Å². The lowest BCUT2D eigenvalue weighted by Gasteiger charge is -2.02. The molecule has 0 saturated heterocycles. The molecule has 0 unspecified atom stereocenters. The molecular weight excluding hydrogens is 224 g/mol. The average Bonchev–Trinajstić information content (AvgIpc) is 2.31. The van der Waals surface area contributed by atoms with Crippen molar-refractivity contribution in [3.8, 4) is 0 Å². The summed E-state index contributed by atoms with van der Waals surface area (Å²) in [5.41, 5.74) is 0. The van der Waals surface area contributed by atoms with Gasteiger partial charge in [-0.1, -0.05) is 66.2 Å². The summed E-state index contributed by atoms with van der Waals surface area (Å²) in [4.78, 5) is 0. The van der Waals surface area contributed by atoms with E-state index >= 15 is 0 Å². The lowest BCUT2D eigenvalue weighted by Crippen LogP contribution is -1.89. The van der Waals surface area contributed by atoms with Crippen molar-refractivity contribution in [1.29, 1.82) is 0 Å². The minimum atomic E-state index is 0. The number of rotatable bonds is 13. The Hall–Kier alpha value is -0.0800. The van der Waals surface area contributed by atoms with Gasteiger partial charge in [0.15, 0.2) is 0 Å². The van der Waals surface area contributed by atoms with Crippen LogP contribution in [0.25, 0.3) is 0 Å². The van der Waals surface area contributed by atoms with Crippen LogP contribution in [0.1, 0.15) is 79.1 Å². The van der Waals surface area contributed by atoms with Crippen LogP contribution >= 0.6 is 0 Å². The van der Waals surface area contributed by atoms with E-state index in [4.69, 9.17) is 9.47 Å². The first-order valence-corrected chi connectivity index (χ1v) is 6.89. The number of hydrogen-bond acceptors (Lipinski definition) is 2. The second kappa shape index (κ2) is 22.1. The zero-order valence-electron chi connectivity index (χ0n) is 11.3. The van der Waals surface area contributed by atoms with Crippen LogP contribution in [-0.4, -0.2) is 27.4 Å². The first-order chi connectivity index (χ1) is 7.91. The average molecular weight is 262 g/mol. The molecule has 0 aliphatic heterocycles. The summed E-state index contributed by atoms with van der Waals surface area (Å²) >= 11 is 0. The molecule has 0 saturated carbocycles. The van der Waals surface area contributed by atoms with Gasteiger partial charge in [0.05, 0.1) is 0 Å². The summed E-state index contributed by atoms with van der Waals surface area (Å²) in [6.07, 6.45) is 13.5. The topological polar surface area (TPSA) is 18.5 Å². The fraction of sp³-hybridized carbons (Fsp3) is 1.00. The highest BCUT2D eigenvalue weighted by Gasteiger charge is 1.92. The Morgan fingerprint density at radius 2 is 0.667 bits per heavy atom. The molecule has 0 atom stereocenters. The molecule has 0 aliphatic rings. The predicted molar refractivity (Wildman–Crippen MR) is 83.4 cm³/mol. The molecule has 0 aromatic rings. The Balaban J connectivity index is -0.00000112. The standard InChI is InChI=1S/C14H30O2.2CH4/c1-15-13-11-9-7-5-3-4-6-8-10-12-14-16-2;;/h3-14H2,1-2H3;2*1H4. The van der Waals surface area contributed by atoms with E-state index in [1.165, 1.54) is 64.2 Å². The fourth-order valence-corrected chi connectivity index (χ4v) is 1.91. The van der Waals surface area contributed by atoms with Gasteiger partial charge in [0.1, 0.15) is 0 Å². The highest BCUT2D eigenvalue weighted by atomic mass is 16.5. The molecule has 0 radical (unpaired) electrons. The van der Waals surface area contributed by atoms with Gasteiger partial charge in [-0.25, -0.2) is 0 Å². The van der Waals surface area contributed by atoms with E-state index in [2.05, 4.69) is 0 Å². The van der Waals surface area contributed by atoms with Gasteiger partial charge in [0.2, 0.25) is 0 Å². The van der Waals surface area contributed by atoms with Gasteiger partial charge in [-0.3, -0.25) is 0 Å². The van der Waals surface area contributed by atoms with Gasteiger partial charge in [0.25, 0.3) is 0 Å². The molecule has 114 valence electrons. The molecule has 2 heteroatoms. The largest absolute Gasteiger partial charge is 0.385 e. The van der Waals surface area contributed by atoms with E-state index < -0.39 is 0 Å². The highest BCUT2D eigenvalue weighted by Crippen LogP contribution is 2.10. The smallest absolute Gasteiger partial charge is 0.0462 e. The van der Waals surface area contributed by atoms with Crippen LogP contribution in [0.3, 0.4) is 0 Å². The second-order valence-electron chi connectivity index (χ2n) is 4.52. The molecular formula is C16H38O2. The van der Waals surface area contributed by atoms with Crippen LogP contribution in [0.2, 0.25) is 0 Å². The molecule has 0 rings (SSSR count). The van der Waals surface area contributed by atoms with Crippen LogP contribution in [0.15, 0.2) is 0 Å². The maximum Gasteiger partial charge on any atom is 0.0462 e. The Bertz CT molecular complexity index is 102. The predicted octanol–water partition coefficient (Wildman–Crippen LogP) is 5.45. The van der Waals surface area contributed by atoms with Gasteiger partial charge in [-0.2, -0.15) is 0 Å². The molecule has 0 amide bonds. The zero-order chi connectivity index (χ0) is 11.9. The van der Waals surface area contributed by atoms with E-state index in [-0.39, 0.29) is 14.9 Å². The van der Waals surface area contributed by atoms with Crippen LogP contribution in [-0.2, 0) is 9.47 Å². The number of unbranched alkanes of at least 4 members (excludes halogenated alkanes) is 9. The number of methoxy groups -OCH3 is 2. The SMILES string of the molecule is C.C.COCCCCCCCCCCCCOC. The maximum absolute atomic E-state index is 5.02. The molecule has 0 spiro atoms. The molecule has 0 bridgehead atoms. The Kier molecular flexibility index (Phi) is 28.3. The molecule has 0 fully saturated rings. The van der Waals surface area contributed by atoms with Crippen molar-refractivity contribution in [2.75, 3.05) is 27.4 Å². The highest BCUT2D eigenvalue weighted by molar-refractivity contribution is 4.47. The Morgan fingerprint density at radius 1 is 0.444 bits per heavy atom. The maximum atomic E-state index is 5.02. The van der Waals surface area contributed by atoms with E-state index in [1.54, 1.807) is 14.2 Å². The number of ether oxygens (including phenoxy) is 2. The van der Waals surface area contributed by atoms with Crippen molar-refractivity contribution < 1.29 is 9.47 Å². The molecule has 0 aliphatic carbocycles. The third kappa shape index (κ3) is 21.2. The van der Waals surface area contributed by atoms with Crippen molar-refractivity contribution in [2.45, 2.75) is 79.1 Å². The van der Waals surface area contributed by atoms with Crippen LogP contribution < -0.4 is 0 Å².